The molecule has 1 atom stereocenters. The van der Waals surface area contributed by atoms with E-state index in [1.165, 1.54) is 43.1 Å². The number of likely N-dealkylation sites (N-methyl/N-ethyl adjacent to an activating group) is 1. The van der Waals surface area contributed by atoms with Crippen molar-refractivity contribution in [1.29, 1.82) is 0 Å². The summed E-state index contributed by atoms with van der Waals surface area (Å²) < 4.78 is 0. The third-order valence-electron chi connectivity index (χ3n) is 3.42. The van der Waals surface area contributed by atoms with E-state index in [9.17, 15) is 0 Å². The highest BCUT2D eigenvalue weighted by Gasteiger charge is 2.18. The minimum atomic E-state index is 0.817. The van der Waals surface area contributed by atoms with E-state index in [1.54, 1.807) is 0 Å². The molecule has 1 N–H and O–H groups in total. The van der Waals surface area contributed by atoms with Crippen LogP contribution in [-0.4, -0.2) is 43.6 Å². The second kappa shape index (κ2) is 6.47. The molecule has 1 aliphatic rings. The maximum absolute atomic E-state index is 4.73. The van der Waals surface area contributed by atoms with Crippen molar-refractivity contribution < 1.29 is 0 Å². The largest absolute Gasteiger partial charge is 0.319 e. The Morgan fingerprint density at radius 3 is 3.24 bits per heavy atom. The summed E-state index contributed by atoms with van der Waals surface area (Å²) in [5.74, 6) is 0.817. The topological polar surface area (TPSA) is 28.2 Å². The normalized spacial score (nSPS) is 21.9. The second-order valence-electron chi connectivity index (χ2n) is 5.06. The first-order chi connectivity index (χ1) is 8.28. The van der Waals surface area contributed by atoms with E-state index < -0.39 is 0 Å². The highest BCUT2D eigenvalue weighted by molar-refractivity contribution is 7.09. The molecule has 0 amide bonds. The highest BCUT2D eigenvalue weighted by atomic mass is 32.1. The van der Waals surface area contributed by atoms with Crippen molar-refractivity contribution in [3.8, 4) is 0 Å². The minimum Gasteiger partial charge on any atom is -0.319 e. The maximum atomic E-state index is 4.73. The first-order valence-electron chi connectivity index (χ1n) is 6.54. The van der Waals surface area contributed by atoms with Crippen LogP contribution in [0.1, 0.15) is 23.5 Å². The smallest absolute Gasteiger partial charge is 0.0931 e. The average molecular weight is 253 g/mol. The van der Waals surface area contributed by atoms with Crippen LogP contribution < -0.4 is 5.32 Å². The number of nitrogens with zero attached hydrogens (tertiary/aromatic N) is 2. The van der Waals surface area contributed by atoms with Crippen LogP contribution in [0.4, 0.5) is 0 Å². The Bertz CT molecular complexity index is 337. The van der Waals surface area contributed by atoms with Crippen LogP contribution in [0.5, 0.6) is 0 Å². The van der Waals surface area contributed by atoms with Gasteiger partial charge in [0.15, 0.2) is 0 Å². The number of hydrogen-bond donors (Lipinski definition) is 1. The molecule has 3 nitrogen and oxygen atoms in total. The van der Waals surface area contributed by atoms with Crippen molar-refractivity contribution in [2.45, 2.75) is 25.7 Å². The molecule has 2 rings (SSSR count). The molecule has 0 spiro atoms. The SMILES string of the molecule is CNCCc1csc(CC2CCCN(C)C2)n1. The van der Waals surface area contributed by atoms with E-state index in [4.69, 9.17) is 4.98 Å². The fourth-order valence-corrected chi connectivity index (χ4v) is 3.44. The van der Waals surface area contributed by atoms with Crippen LogP contribution in [0.25, 0.3) is 0 Å². The van der Waals surface area contributed by atoms with Gasteiger partial charge in [0.05, 0.1) is 10.7 Å². The van der Waals surface area contributed by atoms with E-state index in [0.717, 1.165) is 18.9 Å². The van der Waals surface area contributed by atoms with E-state index in [2.05, 4.69) is 22.6 Å². The van der Waals surface area contributed by atoms with Crippen LogP contribution in [0.2, 0.25) is 0 Å². The van der Waals surface area contributed by atoms with Crippen LogP contribution in [0.3, 0.4) is 0 Å². The third kappa shape index (κ3) is 4.05. The fraction of sp³-hybridized carbons (Fsp3) is 0.769. The molecule has 17 heavy (non-hydrogen) atoms. The number of nitrogens with one attached hydrogen (secondary N) is 1. The number of thiazole rings is 1. The standard InChI is InChI=1S/C13H23N3S/c1-14-6-5-12-10-17-13(15-12)8-11-4-3-7-16(2)9-11/h10-11,14H,3-9H2,1-2H3. The number of piperidine rings is 1. The zero-order valence-corrected chi connectivity index (χ0v) is 11.7. The molecule has 0 aromatic carbocycles. The lowest BCUT2D eigenvalue weighted by Gasteiger charge is -2.29. The van der Waals surface area contributed by atoms with Gasteiger partial charge in [-0.05, 0) is 39.4 Å². The molecule has 1 aliphatic heterocycles. The highest BCUT2D eigenvalue weighted by Crippen LogP contribution is 2.21. The summed E-state index contributed by atoms with van der Waals surface area (Å²) in [6.07, 6.45) is 4.95. The molecule has 96 valence electrons. The lowest BCUT2D eigenvalue weighted by Crippen LogP contribution is -2.32. The quantitative estimate of drug-likeness (QED) is 0.867. The molecule has 2 heterocycles. The van der Waals surface area contributed by atoms with Gasteiger partial charge in [0.2, 0.25) is 0 Å². The molecule has 0 saturated carbocycles. The second-order valence-corrected chi connectivity index (χ2v) is 6.00. The van der Waals surface area contributed by atoms with Gasteiger partial charge in [0.1, 0.15) is 0 Å². The molecule has 1 unspecified atom stereocenters. The predicted molar refractivity (Wildman–Crippen MR) is 73.7 cm³/mol. The Morgan fingerprint density at radius 1 is 1.59 bits per heavy atom. The van der Waals surface area contributed by atoms with Crippen LogP contribution in [-0.2, 0) is 12.8 Å². The Labute approximate surface area is 108 Å². The Hall–Kier alpha value is -0.450. The molecule has 4 heteroatoms. The van der Waals surface area contributed by atoms with E-state index in [-0.39, 0.29) is 0 Å². The molecule has 1 saturated heterocycles. The summed E-state index contributed by atoms with van der Waals surface area (Å²) in [5.41, 5.74) is 1.25. The maximum Gasteiger partial charge on any atom is 0.0931 e. The van der Waals surface area contributed by atoms with Crippen molar-refractivity contribution in [3.05, 3.63) is 16.1 Å². The van der Waals surface area contributed by atoms with Gasteiger partial charge in [-0.1, -0.05) is 0 Å². The summed E-state index contributed by atoms with van der Waals surface area (Å²) in [5, 5.41) is 6.72. The molecule has 1 aromatic heterocycles. The van der Waals surface area contributed by atoms with Gasteiger partial charge in [0.25, 0.3) is 0 Å². The fourth-order valence-electron chi connectivity index (χ4n) is 2.50. The lowest BCUT2D eigenvalue weighted by atomic mass is 9.95. The summed E-state index contributed by atoms with van der Waals surface area (Å²) in [6.45, 7) is 3.53. The van der Waals surface area contributed by atoms with Crippen LogP contribution in [0.15, 0.2) is 5.38 Å². The zero-order chi connectivity index (χ0) is 12.1. The molecule has 0 aliphatic carbocycles. The lowest BCUT2D eigenvalue weighted by molar-refractivity contribution is 0.209. The zero-order valence-electron chi connectivity index (χ0n) is 10.9. The summed E-state index contributed by atoms with van der Waals surface area (Å²) >= 11 is 1.84. The van der Waals surface area contributed by atoms with Gasteiger partial charge >= 0.3 is 0 Å². The van der Waals surface area contributed by atoms with Gasteiger partial charge in [-0.15, -0.1) is 11.3 Å². The Balaban J connectivity index is 1.83. The predicted octanol–water partition coefficient (Wildman–Crippen LogP) is 1.79. The van der Waals surface area contributed by atoms with Crippen molar-refractivity contribution >= 4 is 11.3 Å². The van der Waals surface area contributed by atoms with E-state index in [1.807, 2.05) is 18.4 Å². The summed E-state index contributed by atoms with van der Waals surface area (Å²) in [6, 6.07) is 0. The van der Waals surface area contributed by atoms with Crippen molar-refractivity contribution in [2.75, 3.05) is 33.7 Å². The molecule has 0 radical (unpaired) electrons. The Morgan fingerprint density at radius 2 is 2.47 bits per heavy atom. The summed E-state index contributed by atoms with van der Waals surface area (Å²) in [7, 11) is 4.22. The average Bonchev–Trinajstić information content (AvgIpc) is 2.74. The van der Waals surface area contributed by atoms with Gasteiger partial charge in [-0.3, -0.25) is 0 Å². The minimum absolute atomic E-state index is 0.817. The first kappa shape index (κ1) is 13.0. The molecule has 1 fully saturated rings. The number of hydrogen-bond acceptors (Lipinski definition) is 4. The summed E-state index contributed by atoms with van der Waals surface area (Å²) in [4.78, 5) is 7.18. The third-order valence-corrected chi connectivity index (χ3v) is 4.34. The Kier molecular flexibility index (Phi) is 4.95. The van der Waals surface area contributed by atoms with Gasteiger partial charge in [-0.2, -0.15) is 0 Å². The van der Waals surface area contributed by atoms with Gasteiger partial charge in [-0.25, -0.2) is 4.98 Å². The molecule has 0 bridgehead atoms. The van der Waals surface area contributed by atoms with Gasteiger partial charge < -0.3 is 10.2 Å². The van der Waals surface area contributed by atoms with E-state index in [0.29, 0.717) is 0 Å². The van der Waals surface area contributed by atoms with Gasteiger partial charge in [0, 0.05) is 31.3 Å². The van der Waals surface area contributed by atoms with Crippen LogP contribution >= 0.6 is 11.3 Å². The molecular weight excluding hydrogens is 230 g/mol. The number of rotatable bonds is 5. The van der Waals surface area contributed by atoms with Crippen molar-refractivity contribution in [3.63, 3.8) is 0 Å². The number of likely N-dealkylation sites (tertiary alicyclic amines) is 1. The monoisotopic (exact) mass is 253 g/mol. The number of aromatic nitrogens is 1. The molecule has 1 aromatic rings. The molecular formula is C13H23N3S. The van der Waals surface area contributed by atoms with Crippen molar-refractivity contribution in [1.82, 2.24) is 15.2 Å². The van der Waals surface area contributed by atoms with Crippen LogP contribution in [0, 0.1) is 5.92 Å². The van der Waals surface area contributed by atoms with Crippen molar-refractivity contribution in [2.24, 2.45) is 5.92 Å². The van der Waals surface area contributed by atoms with E-state index >= 15 is 0 Å². The first-order valence-corrected chi connectivity index (χ1v) is 7.42.